The molecule has 11 heteroatoms. The molecule has 0 amide bonds. The molecule has 164 valence electrons. The minimum Gasteiger partial charge on any atom is -0.381 e. The largest absolute Gasteiger partial charge is 0.417 e. The maximum atomic E-state index is 13.5. The maximum Gasteiger partial charge on any atom is 0.417 e. The first-order valence-corrected chi connectivity index (χ1v) is 12.1. The number of ether oxygens (including phenoxy) is 1. The number of alkyl halides is 3. The summed E-state index contributed by atoms with van der Waals surface area (Å²) in [6, 6.07) is 8.89. The predicted molar refractivity (Wildman–Crippen MR) is 102 cm³/mol. The lowest BCUT2D eigenvalue weighted by Crippen LogP contribution is -2.33. The first-order chi connectivity index (χ1) is 14.0. The molecule has 0 spiro atoms. The molecule has 2 aromatic carbocycles. The zero-order valence-corrected chi connectivity index (χ0v) is 17.4. The van der Waals surface area contributed by atoms with Gasteiger partial charge >= 0.3 is 6.18 Å². The molecule has 1 N–H and O–H groups in total. The van der Waals surface area contributed by atoms with Gasteiger partial charge < -0.3 is 4.74 Å². The number of nitrogens with one attached hydrogen (secondary N) is 1. The van der Waals surface area contributed by atoms with Gasteiger partial charge in [-0.1, -0.05) is 18.2 Å². The van der Waals surface area contributed by atoms with E-state index in [1.54, 1.807) is 6.07 Å². The summed E-state index contributed by atoms with van der Waals surface area (Å²) in [5.74, 6) is -0.0703. The zero-order chi connectivity index (χ0) is 22.0. The summed E-state index contributed by atoms with van der Waals surface area (Å²) in [6.45, 7) is 0.842. The van der Waals surface area contributed by atoms with Crippen molar-refractivity contribution in [2.75, 3.05) is 19.8 Å². The Morgan fingerprint density at radius 1 is 0.933 bits per heavy atom. The summed E-state index contributed by atoms with van der Waals surface area (Å²) in [5, 5.41) is 0. The third-order valence-corrected chi connectivity index (χ3v) is 8.05. The van der Waals surface area contributed by atoms with Gasteiger partial charge in [0.05, 0.1) is 20.2 Å². The standard InChI is InChI=1S/C19H20F3NO5S2/c20-19(21,22)17-7-6-16(29(24,25)15-4-2-1-3-5-15)12-18(17)30(26,27)23-13-14-8-10-28-11-9-14/h1-7,12,14,23H,8-11,13H2. The van der Waals surface area contributed by atoms with Gasteiger partial charge in [-0.05, 0) is 49.1 Å². The van der Waals surface area contributed by atoms with Crippen molar-refractivity contribution in [1.29, 1.82) is 0 Å². The van der Waals surface area contributed by atoms with Crippen molar-refractivity contribution in [2.45, 2.75) is 33.7 Å². The van der Waals surface area contributed by atoms with E-state index in [4.69, 9.17) is 4.74 Å². The van der Waals surface area contributed by atoms with Crippen molar-refractivity contribution >= 4 is 19.9 Å². The van der Waals surface area contributed by atoms with Crippen LogP contribution in [-0.2, 0) is 30.8 Å². The molecule has 1 aliphatic rings. The van der Waals surface area contributed by atoms with Crippen molar-refractivity contribution in [1.82, 2.24) is 4.72 Å². The highest BCUT2D eigenvalue weighted by Gasteiger charge is 2.38. The van der Waals surface area contributed by atoms with Gasteiger partial charge in [-0.2, -0.15) is 13.2 Å². The fourth-order valence-corrected chi connectivity index (χ4v) is 5.87. The monoisotopic (exact) mass is 463 g/mol. The number of sulfonamides is 1. The second-order valence-corrected chi connectivity index (χ2v) is 10.6. The molecule has 0 unspecified atom stereocenters. The number of hydrogen-bond acceptors (Lipinski definition) is 5. The Kier molecular flexibility index (Phi) is 6.56. The predicted octanol–water partition coefficient (Wildman–Crippen LogP) is 3.24. The Morgan fingerprint density at radius 2 is 1.57 bits per heavy atom. The minimum atomic E-state index is -4.97. The second kappa shape index (κ2) is 8.66. The van der Waals surface area contributed by atoms with Gasteiger partial charge in [0.25, 0.3) is 0 Å². The Hall–Kier alpha value is -1.95. The lowest BCUT2D eigenvalue weighted by Gasteiger charge is -2.22. The molecule has 1 fully saturated rings. The van der Waals surface area contributed by atoms with Gasteiger partial charge in [0, 0.05) is 19.8 Å². The highest BCUT2D eigenvalue weighted by molar-refractivity contribution is 7.91. The molecular weight excluding hydrogens is 443 g/mol. The van der Waals surface area contributed by atoms with Gasteiger partial charge in [0.2, 0.25) is 19.9 Å². The van der Waals surface area contributed by atoms with Crippen LogP contribution in [0.5, 0.6) is 0 Å². The third-order valence-electron chi connectivity index (χ3n) is 4.81. The minimum absolute atomic E-state index is 0.0569. The van der Waals surface area contributed by atoms with E-state index in [9.17, 15) is 30.0 Å². The van der Waals surface area contributed by atoms with Gasteiger partial charge in [-0.15, -0.1) is 0 Å². The van der Waals surface area contributed by atoms with Crippen molar-refractivity contribution in [3.05, 3.63) is 54.1 Å². The van der Waals surface area contributed by atoms with E-state index in [1.165, 1.54) is 24.3 Å². The highest BCUT2D eigenvalue weighted by atomic mass is 32.2. The van der Waals surface area contributed by atoms with Crippen LogP contribution in [0.4, 0.5) is 13.2 Å². The summed E-state index contributed by atoms with van der Waals surface area (Å²) in [4.78, 5) is -1.80. The zero-order valence-electron chi connectivity index (χ0n) is 15.7. The fraction of sp³-hybridized carbons (Fsp3) is 0.368. The van der Waals surface area contributed by atoms with Crippen molar-refractivity contribution < 1.29 is 34.7 Å². The molecule has 0 atom stereocenters. The van der Waals surface area contributed by atoms with Gasteiger partial charge in [0.15, 0.2) is 0 Å². The quantitative estimate of drug-likeness (QED) is 0.711. The van der Waals surface area contributed by atoms with E-state index in [0.29, 0.717) is 38.2 Å². The van der Waals surface area contributed by atoms with Crippen LogP contribution in [0.15, 0.2) is 63.2 Å². The van der Waals surface area contributed by atoms with Gasteiger partial charge in [-0.3, -0.25) is 0 Å². The van der Waals surface area contributed by atoms with Crippen molar-refractivity contribution in [2.24, 2.45) is 5.92 Å². The van der Waals surface area contributed by atoms with Gasteiger partial charge in [-0.25, -0.2) is 21.6 Å². The van der Waals surface area contributed by atoms with Gasteiger partial charge in [0.1, 0.15) is 0 Å². The first-order valence-electron chi connectivity index (χ1n) is 9.10. The van der Waals surface area contributed by atoms with Crippen LogP contribution >= 0.6 is 0 Å². The second-order valence-electron chi connectivity index (χ2n) is 6.88. The molecule has 2 aromatic rings. The summed E-state index contributed by atoms with van der Waals surface area (Å²) < 4.78 is 98.8. The maximum absolute atomic E-state index is 13.5. The van der Waals surface area contributed by atoms with E-state index in [0.717, 1.165) is 6.07 Å². The third kappa shape index (κ3) is 5.02. The van der Waals surface area contributed by atoms with Crippen LogP contribution in [-0.4, -0.2) is 36.6 Å². The van der Waals surface area contributed by atoms with Crippen molar-refractivity contribution in [3.8, 4) is 0 Å². The average molecular weight is 463 g/mol. The van der Waals surface area contributed by atoms with E-state index < -0.39 is 41.4 Å². The lowest BCUT2D eigenvalue weighted by molar-refractivity contribution is -0.139. The molecule has 6 nitrogen and oxygen atoms in total. The lowest BCUT2D eigenvalue weighted by atomic mass is 10.0. The summed E-state index contributed by atoms with van der Waals surface area (Å²) in [6.07, 6.45) is -3.81. The summed E-state index contributed by atoms with van der Waals surface area (Å²) in [7, 11) is -8.81. The molecule has 0 aromatic heterocycles. The van der Waals surface area contributed by atoms with Crippen molar-refractivity contribution in [3.63, 3.8) is 0 Å². The molecule has 3 rings (SSSR count). The van der Waals surface area contributed by atoms with E-state index >= 15 is 0 Å². The van der Waals surface area contributed by atoms with Crippen LogP contribution in [0.3, 0.4) is 0 Å². The molecule has 1 saturated heterocycles. The van der Waals surface area contributed by atoms with E-state index in [-0.39, 0.29) is 17.4 Å². The van der Waals surface area contributed by atoms with Crippen LogP contribution in [0.1, 0.15) is 18.4 Å². The Bertz CT molecular complexity index is 1090. The molecule has 0 aliphatic carbocycles. The SMILES string of the molecule is O=S(=O)(NCC1CCOCC1)c1cc(S(=O)(=O)c2ccccc2)ccc1C(F)(F)F. The smallest absolute Gasteiger partial charge is 0.381 e. The molecule has 0 bridgehead atoms. The van der Waals surface area contributed by atoms with E-state index in [1.807, 2.05) is 0 Å². The molecule has 0 saturated carbocycles. The van der Waals surface area contributed by atoms with Crippen LogP contribution < -0.4 is 4.72 Å². The first kappa shape index (κ1) is 22.7. The number of hydrogen-bond donors (Lipinski definition) is 1. The molecule has 1 aliphatic heterocycles. The Morgan fingerprint density at radius 3 is 2.17 bits per heavy atom. The number of benzene rings is 2. The normalized spacial score (nSPS) is 16.5. The number of sulfone groups is 1. The Labute approximate surface area is 173 Å². The summed E-state index contributed by atoms with van der Waals surface area (Å²) in [5.41, 5.74) is -1.42. The van der Waals surface area contributed by atoms with Crippen LogP contribution in [0, 0.1) is 5.92 Å². The fourth-order valence-electron chi connectivity index (χ4n) is 3.12. The molecule has 30 heavy (non-hydrogen) atoms. The number of rotatable bonds is 6. The average Bonchev–Trinajstić information content (AvgIpc) is 2.72. The Balaban J connectivity index is 2.01. The van der Waals surface area contributed by atoms with Crippen LogP contribution in [0.25, 0.3) is 0 Å². The van der Waals surface area contributed by atoms with Crippen LogP contribution in [0.2, 0.25) is 0 Å². The molecular formula is C19H20F3NO5S2. The highest BCUT2D eigenvalue weighted by Crippen LogP contribution is 2.36. The molecule has 0 radical (unpaired) electrons. The molecule has 1 heterocycles. The summed E-state index contributed by atoms with van der Waals surface area (Å²) >= 11 is 0. The topological polar surface area (TPSA) is 89.5 Å². The van der Waals surface area contributed by atoms with E-state index in [2.05, 4.69) is 4.72 Å². The number of halogens is 3.